The molecule has 1 rings (SSSR count). The third-order valence-electron chi connectivity index (χ3n) is 2.32. The van der Waals surface area contributed by atoms with Crippen molar-refractivity contribution >= 4 is 21.7 Å². The Labute approximate surface area is 99.1 Å². The third kappa shape index (κ3) is 3.80. The smallest absolute Gasteiger partial charge is 0.140 e. The molecule has 0 saturated carbocycles. The molecule has 1 aromatic heterocycles. The summed E-state index contributed by atoms with van der Waals surface area (Å²) < 4.78 is 0.996. The van der Waals surface area contributed by atoms with Crippen LogP contribution < -0.4 is 5.32 Å². The molecule has 0 spiro atoms. The van der Waals surface area contributed by atoms with Gasteiger partial charge in [-0.1, -0.05) is 6.92 Å². The molecule has 1 atom stereocenters. The number of aliphatic hydroxyl groups excluding tert-OH is 1. The molecule has 1 unspecified atom stereocenters. The molecule has 84 valence electrons. The molecule has 3 nitrogen and oxygen atoms in total. The molecule has 2 N–H and O–H groups in total. The van der Waals surface area contributed by atoms with Crippen LogP contribution in [0.3, 0.4) is 0 Å². The van der Waals surface area contributed by atoms with Gasteiger partial charge in [0.05, 0.1) is 10.6 Å². The second kappa shape index (κ2) is 6.08. The van der Waals surface area contributed by atoms with Crippen molar-refractivity contribution < 1.29 is 5.11 Å². The first kappa shape index (κ1) is 12.5. The van der Waals surface area contributed by atoms with Crippen LogP contribution in [-0.2, 0) is 0 Å². The minimum absolute atomic E-state index is 0.221. The van der Waals surface area contributed by atoms with E-state index < -0.39 is 0 Å². The molecule has 0 aliphatic heterocycles. The third-order valence-corrected chi connectivity index (χ3v) is 3.32. The average Bonchev–Trinajstić information content (AvgIpc) is 2.24. The Morgan fingerprint density at radius 2 is 2.33 bits per heavy atom. The predicted octanol–water partition coefficient (Wildman–Crippen LogP) is 2.73. The van der Waals surface area contributed by atoms with Gasteiger partial charge in [0.15, 0.2) is 0 Å². The number of halogens is 1. The number of rotatable bonds is 5. The quantitative estimate of drug-likeness (QED) is 0.867. The van der Waals surface area contributed by atoms with Crippen LogP contribution in [-0.4, -0.2) is 22.7 Å². The van der Waals surface area contributed by atoms with Gasteiger partial charge in [0.25, 0.3) is 0 Å². The van der Waals surface area contributed by atoms with E-state index in [4.69, 9.17) is 0 Å². The average molecular weight is 273 g/mol. The molecule has 1 heterocycles. The Hall–Kier alpha value is -0.610. The van der Waals surface area contributed by atoms with Crippen LogP contribution in [0.25, 0.3) is 0 Å². The van der Waals surface area contributed by atoms with Gasteiger partial charge >= 0.3 is 0 Å². The van der Waals surface area contributed by atoms with Crippen LogP contribution in [0.15, 0.2) is 16.7 Å². The molecule has 1 aromatic rings. The van der Waals surface area contributed by atoms with Crippen molar-refractivity contribution in [1.29, 1.82) is 0 Å². The summed E-state index contributed by atoms with van der Waals surface area (Å²) >= 11 is 3.48. The van der Waals surface area contributed by atoms with Crippen molar-refractivity contribution in [3.8, 4) is 0 Å². The number of hydrogen-bond donors (Lipinski definition) is 2. The fourth-order valence-corrected chi connectivity index (χ4v) is 1.60. The summed E-state index contributed by atoms with van der Waals surface area (Å²) in [5, 5.41) is 12.6. The summed E-state index contributed by atoms with van der Waals surface area (Å²) in [7, 11) is 0. The van der Waals surface area contributed by atoms with Crippen LogP contribution in [0.4, 0.5) is 5.82 Å². The molecule has 0 bridgehead atoms. The van der Waals surface area contributed by atoms with E-state index >= 15 is 0 Å². The van der Waals surface area contributed by atoms with E-state index in [1.165, 1.54) is 0 Å². The molecule has 15 heavy (non-hydrogen) atoms. The lowest BCUT2D eigenvalue weighted by Crippen LogP contribution is -2.13. The summed E-state index contributed by atoms with van der Waals surface area (Å²) in [4.78, 5) is 4.22. The van der Waals surface area contributed by atoms with E-state index in [1.807, 2.05) is 19.9 Å². The van der Waals surface area contributed by atoms with Crippen molar-refractivity contribution in [3.05, 3.63) is 22.3 Å². The van der Waals surface area contributed by atoms with Crippen LogP contribution in [0, 0.1) is 6.92 Å². The van der Waals surface area contributed by atoms with Gasteiger partial charge in [0.1, 0.15) is 5.82 Å². The molecule has 0 saturated heterocycles. The maximum absolute atomic E-state index is 9.39. The zero-order valence-corrected chi connectivity index (χ0v) is 10.7. The van der Waals surface area contributed by atoms with Crippen molar-refractivity contribution in [2.75, 3.05) is 11.9 Å². The zero-order chi connectivity index (χ0) is 11.3. The Bertz CT molecular complexity index is 317. The first-order valence-corrected chi connectivity index (χ1v) is 5.97. The maximum Gasteiger partial charge on any atom is 0.140 e. The topological polar surface area (TPSA) is 45.1 Å². The first-order chi connectivity index (χ1) is 7.15. The fraction of sp³-hybridized carbons (Fsp3) is 0.545. The van der Waals surface area contributed by atoms with Crippen LogP contribution in [0.1, 0.15) is 25.3 Å². The van der Waals surface area contributed by atoms with Gasteiger partial charge in [-0.05, 0) is 47.3 Å². The molecular formula is C11H17BrN2O. The second-order valence-electron chi connectivity index (χ2n) is 3.57. The minimum atomic E-state index is -0.221. The van der Waals surface area contributed by atoms with Crippen molar-refractivity contribution in [1.82, 2.24) is 4.98 Å². The van der Waals surface area contributed by atoms with Gasteiger partial charge in [-0.15, -0.1) is 0 Å². The lowest BCUT2D eigenvalue weighted by Gasteiger charge is -2.11. The van der Waals surface area contributed by atoms with Gasteiger partial charge in [-0.2, -0.15) is 0 Å². The lowest BCUT2D eigenvalue weighted by atomic mass is 10.2. The Morgan fingerprint density at radius 1 is 1.60 bits per heavy atom. The number of aromatic nitrogens is 1. The fourth-order valence-electron chi connectivity index (χ4n) is 1.22. The number of nitrogens with zero attached hydrogens (tertiary/aromatic N) is 1. The second-order valence-corrected chi connectivity index (χ2v) is 4.36. The number of aryl methyl sites for hydroxylation is 1. The van der Waals surface area contributed by atoms with Crippen molar-refractivity contribution in [3.63, 3.8) is 0 Å². The highest BCUT2D eigenvalue weighted by Crippen LogP contribution is 2.23. The van der Waals surface area contributed by atoms with Crippen molar-refractivity contribution in [2.45, 2.75) is 32.8 Å². The largest absolute Gasteiger partial charge is 0.393 e. The van der Waals surface area contributed by atoms with E-state index in [2.05, 4.69) is 26.2 Å². The van der Waals surface area contributed by atoms with E-state index in [-0.39, 0.29) is 6.10 Å². The summed E-state index contributed by atoms with van der Waals surface area (Å²) in [5.41, 5.74) is 1.16. The summed E-state index contributed by atoms with van der Waals surface area (Å²) in [6, 6.07) is 1.95. The number of hydrogen-bond acceptors (Lipinski definition) is 3. The van der Waals surface area contributed by atoms with Gasteiger partial charge in [-0.25, -0.2) is 4.98 Å². The summed E-state index contributed by atoms with van der Waals surface area (Å²) in [6.45, 7) is 4.74. The van der Waals surface area contributed by atoms with Crippen LogP contribution >= 0.6 is 15.9 Å². The first-order valence-electron chi connectivity index (χ1n) is 5.18. The summed E-state index contributed by atoms with van der Waals surface area (Å²) in [5.74, 6) is 0.846. The lowest BCUT2D eigenvalue weighted by molar-refractivity contribution is 0.164. The molecular weight excluding hydrogens is 256 g/mol. The van der Waals surface area contributed by atoms with Crippen LogP contribution in [0.5, 0.6) is 0 Å². The molecule has 0 amide bonds. The Morgan fingerprint density at radius 3 is 3.00 bits per heavy atom. The van der Waals surface area contributed by atoms with E-state index in [9.17, 15) is 5.11 Å². The van der Waals surface area contributed by atoms with Gasteiger partial charge in [0, 0.05) is 12.7 Å². The zero-order valence-electron chi connectivity index (χ0n) is 9.13. The number of pyridine rings is 1. The SMILES string of the molecule is CCC(O)CCNc1nccc(C)c1Br. The van der Waals surface area contributed by atoms with E-state index in [0.29, 0.717) is 0 Å². The normalized spacial score (nSPS) is 12.5. The number of nitrogens with one attached hydrogen (secondary N) is 1. The minimum Gasteiger partial charge on any atom is -0.393 e. The number of anilines is 1. The highest BCUT2D eigenvalue weighted by atomic mass is 79.9. The molecule has 0 aliphatic rings. The molecule has 4 heteroatoms. The molecule has 0 fully saturated rings. The van der Waals surface area contributed by atoms with Crippen LogP contribution in [0.2, 0.25) is 0 Å². The highest BCUT2D eigenvalue weighted by Gasteiger charge is 2.04. The Balaban J connectivity index is 2.47. The molecule has 0 aliphatic carbocycles. The van der Waals surface area contributed by atoms with Gasteiger partial charge < -0.3 is 10.4 Å². The molecule has 0 radical (unpaired) electrons. The molecule has 0 aromatic carbocycles. The van der Waals surface area contributed by atoms with Gasteiger partial charge in [-0.3, -0.25) is 0 Å². The Kier molecular flexibility index (Phi) is 5.05. The predicted molar refractivity (Wildman–Crippen MR) is 66.1 cm³/mol. The van der Waals surface area contributed by atoms with E-state index in [1.54, 1.807) is 6.20 Å². The highest BCUT2D eigenvalue weighted by molar-refractivity contribution is 9.10. The van der Waals surface area contributed by atoms with Crippen molar-refractivity contribution in [2.24, 2.45) is 0 Å². The monoisotopic (exact) mass is 272 g/mol. The summed E-state index contributed by atoms with van der Waals surface area (Å²) in [6.07, 6.45) is 3.10. The maximum atomic E-state index is 9.39. The standard InChI is InChI=1S/C11H17BrN2O/c1-3-9(15)5-7-14-11-10(12)8(2)4-6-13-11/h4,6,9,15H,3,5,7H2,1-2H3,(H,13,14). The number of aliphatic hydroxyl groups is 1. The van der Waals surface area contributed by atoms with Gasteiger partial charge in [0.2, 0.25) is 0 Å². The van der Waals surface area contributed by atoms with E-state index in [0.717, 1.165) is 35.2 Å².